The summed E-state index contributed by atoms with van der Waals surface area (Å²) in [5.74, 6) is -0.701. The smallest absolute Gasteiger partial charge is 0.406 e. The van der Waals surface area contributed by atoms with E-state index in [9.17, 15) is 22.8 Å². The lowest BCUT2D eigenvalue weighted by atomic mass is 9.99. The van der Waals surface area contributed by atoms with Crippen LogP contribution in [0.25, 0.3) is 10.9 Å². The molecule has 0 spiro atoms. The Morgan fingerprint density at radius 3 is 2.66 bits per heavy atom. The van der Waals surface area contributed by atoms with Gasteiger partial charge in [-0.15, -0.1) is 13.2 Å². The van der Waals surface area contributed by atoms with Crippen molar-refractivity contribution in [3.8, 4) is 5.75 Å². The number of hydrogen-bond acceptors (Lipinski definition) is 3. The fraction of sp³-hybridized carbons (Fsp3) is 0.304. The second-order valence-corrected chi connectivity index (χ2v) is 7.67. The van der Waals surface area contributed by atoms with Crippen LogP contribution in [0.2, 0.25) is 0 Å². The Balaban J connectivity index is 1.26. The molecule has 0 saturated heterocycles. The number of halogens is 3. The van der Waals surface area contributed by atoms with Crippen LogP contribution in [-0.4, -0.2) is 41.2 Å². The van der Waals surface area contributed by atoms with E-state index in [1.807, 2.05) is 23.1 Å². The highest BCUT2D eigenvalue weighted by molar-refractivity contribution is 5.98. The summed E-state index contributed by atoms with van der Waals surface area (Å²) in [5.41, 5.74) is 3.03. The number of rotatable bonds is 6. The summed E-state index contributed by atoms with van der Waals surface area (Å²) in [5, 5.41) is 3.32. The summed E-state index contributed by atoms with van der Waals surface area (Å²) in [6, 6.07) is 13.5. The maximum absolute atomic E-state index is 12.5. The molecule has 0 unspecified atom stereocenters. The lowest BCUT2D eigenvalue weighted by Gasteiger charge is -2.29. The molecule has 1 aliphatic rings. The Morgan fingerprint density at radius 2 is 1.88 bits per heavy atom. The molecule has 6 nitrogen and oxygen atoms in total. The second kappa shape index (κ2) is 8.94. The molecule has 2 N–H and O–H groups in total. The van der Waals surface area contributed by atoms with Crippen molar-refractivity contribution >= 4 is 22.7 Å². The molecular weight excluding hydrogens is 423 g/mol. The number of benzene rings is 2. The number of ether oxygens (including phenoxy) is 1. The molecule has 2 amide bonds. The summed E-state index contributed by atoms with van der Waals surface area (Å²) < 4.78 is 41.0. The fourth-order valence-corrected chi connectivity index (χ4v) is 3.83. The van der Waals surface area contributed by atoms with Gasteiger partial charge in [-0.05, 0) is 42.2 Å². The standard InChI is InChI=1S/C23H22F3N3O3/c24-23(25,26)32-18-8-7-16-12-20(28-19(16)13-18)22(31)27-10-3-6-21(30)29-11-9-15-4-1-2-5-17(15)14-29/h1-2,4-5,7-8,12-13,28H,3,6,9-11,14H2,(H,27,31). The summed E-state index contributed by atoms with van der Waals surface area (Å²) in [6.07, 6.45) is -3.12. The van der Waals surface area contributed by atoms with Crippen molar-refractivity contribution in [1.82, 2.24) is 15.2 Å². The highest BCUT2D eigenvalue weighted by Gasteiger charge is 2.31. The van der Waals surface area contributed by atoms with Crippen LogP contribution in [0, 0.1) is 0 Å². The number of fused-ring (bicyclic) bond motifs is 2. The Hall–Kier alpha value is -3.49. The third kappa shape index (κ3) is 5.22. The first-order valence-electron chi connectivity index (χ1n) is 10.3. The second-order valence-electron chi connectivity index (χ2n) is 7.67. The van der Waals surface area contributed by atoms with Gasteiger partial charge in [-0.3, -0.25) is 9.59 Å². The molecule has 9 heteroatoms. The average molecular weight is 445 g/mol. The summed E-state index contributed by atoms with van der Waals surface area (Å²) in [4.78, 5) is 29.5. The summed E-state index contributed by atoms with van der Waals surface area (Å²) in [7, 11) is 0. The number of carbonyl (C=O) groups is 2. The van der Waals surface area contributed by atoms with Gasteiger partial charge in [-0.25, -0.2) is 0 Å². The summed E-state index contributed by atoms with van der Waals surface area (Å²) in [6.45, 7) is 1.61. The fourth-order valence-electron chi connectivity index (χ4n) is 3.83. The number of carbonyl (C=O) groups excluding carboxylic acids is 2. The van der Waals surface area contributed by atoms with Crippen LogP contribution >= 0.6 is 0 Å². The van der Waals surface area contributed by atoms with Gasteiger partial charge in [-0.1, -0.05) is 24.3 Å². The SMILES string of the molecule is O=C(NCCCC(=O)N1CCc2ccccc2C1)c1cc2ccc(OC(F)(F)F)cc2[nH]1. The number of aromatic nitrogens is 1. The van der Waals surface area contributed by atoms with Crippen LogP contribution in [-0.2, 0) is 17.8 Å². The van der Waals surface area contributed by atoms with Crippen molar-refractivity contribution in [2.45, 2.75) is 32.2 Å². The minimum Gasteiger partial charge on any atom is -0.406 e. The van der Waals surface area contributed by atoms with Gasteiger partial charge in [-0.2, -0.15) is 0 Å². The van der Waals surface area contributed by atoms with Crippen molar-refractivity contribution < 1.29 is 27.5 Å². The molecule has 1 aliphatic heterocycles. The quantitative estimate of drug-likeness (QED) is 0.560. The molecule has 0 radical (unpaired) electrons. The first-order chi connectivity index (χ1) is 15.3. The van der Waals surface area contributed by atoms with E-state index >= 15 is 0 Å². The molecule has 2 aromatic carbocycles. The van der Waals surface area contributed by atoms with Gasteiger partial charge < -0.3 is 19.9 Å². The Morgan fingerprint density at radius 1 is 1.09 bits per heavy atom. The van der Waals surface area contributed by atoms with E-state index in [2.05, 4.69) is 21.1 Å². The van der Waals surface area contributed by atoms with E-state index in [-0.39, 0.29) is 23.3 Å². The van der Waals surface area contributed by atoms with Crippen molar-refractivity contribution in [2.75, 3.05) is 13.1 Å². The van der Waals surface area contributed by atoms with Crippen molar-refractivity contribution in [3.05, 3.63) is 65.4 Å². The summed E-state index contributed by atoms with van der Waals surface area (Å²) >= 11 is 0. The Labute approximate surface area is 182 Å². The molecule has 0 atom stereocenters. The number of amides is 2. The highest BCUT2D eigenvalue weighted by atomic mass is 19.4. The maximum Gasteiger partial charge on any atom is 0.573 e. The molecule has 0 aliphatic carbocycles. The van der Waals surface area contributed by atoms with Crippen molar-refractivity contribution in [1.29, 1.82) is 0 Å². The van der Waals surface area contributed by atoms with Crippen LogP contribution in [0.5, 0.6) is 5.75 Å². The predicted octanol–water partition coefficient (Wildman–Crippen LogP) is 4.16. The van der Waals surface area contributed by atoms with Crippen molar-refractivity contribution in [3.63, 3.8) is 0 Å². The number of H-pyrrole nitrogens is 1. The van der Waals surface area contributed by atoms with Gasteiger partial charge in [0.2, 0.25) is 5.91 Å². The zero-order valence-corrected chi connectivity index (χ0v) is 17.2. The van der Waals surface area contributed by atoms with Crippen LogP contribution < -0.4 is 10.1 Å². The normalized spacial score (nSPS) is 13.7. The lowest BCUT2D eigenvalue weighted by Crippen LogP contribution is -2.36. The molecular formula is C23H22F3N3O3. The molecule has 32 heavy (non-hydrogen) atoms. The number of alkyl halides is 3. The van der Waals surface area contributed by atoms with E-state index in [1.165, 1.54) is 29.3 Å². The Bertz CT molecular complexity index is 1140. The van der Waals surface area contributed by atoms with Crippen LogP contribution in [0.1, 0.15) is 34.5 Å². The molecule has 3 aromatic rings. The molecule has 0 bridgehead atoms. The van der Waals surface area contributed by atoms with Gasteiger partial charge in [0, 0.05) is 43.0 Å². The van der Waals surface area contributed by atoms with Crippen LogP contribution in [0.3, 0.4) is 0 Å². The van der Waals surface area contributed by atoms with Gasteiger partial charge in [0.05, 0.1) is 0 Å². The number of nitrogens with zero attached hydrogens (tertiary/aromatic N) is 1. The van der Waals surface area contributed by atoms with E-state index in [0.29, 0.717) is 43.4 Å². The van der Waals surface area contributed by atoms with Crippen LogP contribution in [0.15, 0.2) is 48.5 Å². The number of nitrogens with one attached hydrogen (secondary N) is 2. The average Bonchev–Trinajstić information content (AvgIpc) is 3.18. The minimum absolute atomic E-state index is 0.0524. The molecule has 2 heterocycles. The molecule has 0 fully saturated rings. The first-order valence-corrected chi connectivity index (χ1v) is 10.3. The van der Waals surface area contributed by atoms with E-state index in [0.717, 1.165) is 6.42 Å². The van der Waals surface area contributed by atoms with Gasteiger partial charge >= 0.3 is 6.36 Å². The first kappa shape index (κ1) is 21.7. The van der Waals surface area contributed by atoms with Crippen LogP contribution in [0.4, 0.5) is 13.2 Å². The number of aromatic amines is 1. The topological polar surface area (TPSA) is 74.4 Å². The van der Waals surface area contributed by atoms with Gasteiger partial charge in [0.1, 0.15) is 11.4 Å². The monoisotopic (exact) mass is 445 g/mol. The van der Waals surface area contributed by atoms with Gasteiger partial charge in [0.15, 0.2) is 0 Å². The molecule has 1 aromatic heterocycles. The zero-order chi connectivity index (χ0) is 22.7. The third-order valence-electron chi connectivity index (χ3n) is 5.41. The highest BCUT2D eigenvalue weighted by Crippen LogP contribution is 2.26. The minimum atomic E-state index is -4.78. The maximum atomic E-state index is 12.5. The van der Waals surface area contributed by atoms with E-state index in [4.69, 9.17) is 0 Å². The van der Waals surface area contributed by atoms with E-state index in [1.54, 1.807) is 6.07 Å². The van der Waals surface area contributed by atoms with Crippen molar-refractivity contribution in [2.24, 2.45) is 0 Å². The molecule has 0 saturated carbocycles. The zero-order valence-electron chi connectivity index (χ0n) is 17.2. The lowest BCUT2D eigenvalue weighted by molar-refractivity contribution is -0.274. The molecule has 4 rings (SSSR count). The third-order valence-corrected chi connectivity index (χ3v) is 5.41. The number of hydrogen-bond donors (Lipinski definition) is 2. The Kier molecular flexibility index (Phi) is 6.07. The predicted molar refractivity (Wildman–Crippen MR) is 112 cm³/mol. The van der Waals surface area contributed by atoms with Gasteiger partial charge in [0.25, 0.3) is 5.91 Å². The van der Waals surface area contributed by atoms with E-state index < -0.39 is 6.36 Å². The molecule has 168 valence electrons. The largest absolute Gasteiger partial charge is 0.573 e.